The molecule has 3 aromatic rings. The molecule has 0 aliphatic rings. The first-order valence-corrected chi connectivity index (χ1v) is 7.92. The van der Waals surface area contributed by atoms with E-state index in [9.17, 15) is 19.3 Å². The van der Waals surface area contributed by atoms with Gasteiger partial charge in [0.05, 0.1) is 16.3 Å². The van der Waals surface area contributed by atoms with Gasteiger partial charge in [0.25, 0.3) is 11.6 Å². The van der Waals surface area contributed by atoms with E-state index < -0.39 is 16.6 Å². The maximum Gasteiger partial charge on any atom is 0.269 e. The van der Waals surface area contributed by atoms with Crippen LogP contribution < -0.4 is 10.1 Å². The van der Waals surface area contributed by atoms with Crippen molar-refractivity contribution in [3.8, 4) is 11.4 Å². The molecule has 0 fully saturated rings. The van der Waals surface area contributed by atoms with Gasteiger partial charge >= 0.3 is 0 Å². The summed E-state index contributed by atoms with van der Waals surface area (Å²) in [7, 11) is 0. The number of hydrogen-bond acceptors (Lipinski definition) is 5. The van der Waals surface area contributed by atoms with Gasteiger partial charge in [0, 0.05) is 18.2 Å². The van der Waals surface area contributed by atoms with E-state index in [1.807, 2.05) is 0 Å². The van der Waals surface area contributed by atoms with Crippen LogP contribution >= 0.6 is 0 Å². The van der Waals surface area contributed by atoms with Crippen LogP contribution in [0.2, 0.25) is 0 Å². The third-order valence-corrected chi connectivity index (χ3v) is 3.59. The number of aryl methyl sites for hydroxylation is 1. The summed E-state index contributed by atoms with van der Waals surface area (Å²) in [5.74, 6) is -0.0580. The van der Waals surface area contributed by atoms with E-state index >= 15 is 0 Å². The maximum absolute atomic E-state index is 12.9. The number of halogens is 1. The predicted molar refractivity (Wildman–Crippen MR) is 95.5 cm³/mol. The SMILES string of the molecule is Cc1cc(NC(=O)COc2ccc(F)cc2)n(-c2ccc([N+](=O)[O-])cc2)n1. The summed E-state index contributed by atoms with van der Waals surface area (Å²) in [6.07, 6.45) is 0. The summed E-state index contributed by atoms with van der Waals surface area (Å²) >= 11 is 0. The number of benzene rings is 2. The Morgan fingerprint density at radius 1 is 1.22 bits per heavy atom. The Bertz CT molecular complexity index is 968. The van der Waals surface area contributed by atoms with E-state index in [0.717, 1.165) is 0 Å². The number of carbonyl (C=O) groups excluding carboxylic acids is 1. The third-order valence-electron chi connectivity index (χ3n) is 3.59. The fourth-order valence-corrected chi connectivity index (χ4v) is 2.36. The van der Waals surface area contributed by atoms with Crippen molar-refractivity contribution in [1.29, 1.82) is 0 Å². The summed E-state index contributed by atoms with van der Waals surface area (Å²) in [6.45, 7) is 1.49. The molecule has 1 N–H and O–H groups in total. The number of nitrogens with zero attached hydrogens (tertiary/aromatic N) is 3. The molecule has 138 valence electrons. The number of nitro groups is 1. The number of ether oxygens (including phenoxy) is 1. The molecule has 2 aromatic carbocycles. The molecule has 0 radical (unpaired) electrons. The van der Waals surface area contributed by atoms with Gasteiger partial charge in [0.2, 0.25) is 0 Å². The first-order valence-electron chi connectivity index (χ1n) is 7.92. The van der Waals surface area contributed by atoms with Crippen LogP contribution in [-0.2, 0) is 4.79 Å². The lowest BCUT2D eigenvalue weighted by molar-refractivity contribution is -0.384. The second kappa shape index (κ2) is 7.65. The second-order valence-corrected chi connectivity index (χ2v) is 5.65. The second-order valence-electron chi connectivity index (χ2n) is 5.65. The fourth-order valence-electron chi connectivity index (χ4n) is 2.36. The van der Waals surface area contributed by atoms with Crippen LogP contribution in [0.4, 0.5) is 15.9 Å². The van der Waals surface area contributed by atoms with Crippen molar-refractivity contribution in [2.75, 3.05) is 11.9 Å². The minimum absolute atomic E-state index is 0.0408. The van der Waals surface area contributed by atoms with E-state index in [4.69, 9.17) is 4.74 Å². The molecule has 1 heterocycles. The number of rotatable bonds is 6. The molecule has 0 aliphatic heterocycles. The van der Waals surface area contributed by atoms with E-state index in [2.05, 4.69) is 10.4 Å². The number of amides is 1. The molecule has 8 nitrogen and oxygen atoms in total. The highest BCUT2D eigenvalue weighted by molar-refractivity contribution is 5.91. The van der Waals surface area contributed by atoms with Gasteiger partial charge in [0.15, 0.2) is 6.61 Å². The number of nitrogens with one attached hydrogen (secondary N) is 1. The first-order chi connectivity index (χ1) is 12.9. The highest BCUT2D eigenvalue weighted by atomic mass is 19.1. The molecule has 1 aromatic heterocycles. The van der Waals surface area contributed by atoms with Crippen LogP contribution in [0.1, 0.15) is 5.69 Å². The normalized spacial score (nSPS) is 10.4. The molecular formula is C18H15FN4O4. The van der Waals surface area contributed by atoms with Crippen molar-refractivity contribution in [2.24, 2.45) is 0 Å². The van der Waals surface area contributed by atoms with Crippen LogP contribution in [-0.4, -0.2) is 27.2 Å². The van der Waals surface area contributed by atoms with Gasteiger partial charge in [-0.25, -0.2) is 9.07 Å². The largest absolute Gasteiger partial charge is 0.484 e. The van der Waals surface area contributed by atoms with Gasteiger partial charge < -0.3 is 10.1 Å². The fraction of sp³-hybridized carbons (Fsp3) is 0.111. The third kappa shape index (κ3) is 4.46. The van der Waals surface area contributed by atoms with E-state index in [-0.39, 0.29) is 12.3 Å². The molecule has 1 amide bonds. The van der Waals surface area contributed by atoms with Crippen LogP contribution in [0.5, 0.6) is 5.75 Å². The Balaban J connectivity index is 1.70. The Morgan fingerprint density at radius 2 is 1.89 bits per heavy atom. The summed E-state index contributed by atoms with van der Waals surface area (Å²) < 4.78 is 19.6. The van der Waals surface area contributed by atoms with E-state index in [0.29, 0.717) is 22.9 Å². The van der Waals surface area contributed by atoms with Crippen LogP contribution in [0.15, 0.2) is 54.6 Å². The van der Waals surface area contributed by atoms with Crippen molar-refractivity contribution in [1.82, 2.24) is 9.78 Å². The molecule has 0 saturated heterocycles. The number of non-ortho nitro benzene ring substituents is 1. The monoisotopic (exact) mass is 370 g/mol. The number of carbonyl (C=O) groups is 1. The number of anilines is 1. The zero-order chi connectivity index (χ0) is 19.4. The van der Waals surface area contributed by atoms with Gasteiger partial charge in [0.1, 0.15) is 17.4 Å². The minimum atomic E-state index is -0.492. The molecule has 3 rings (SSSR count). The van der Waals surface area contributed by atoms with Crippen LogP contribution in [0, 0.1) is 22.9 Å². The topological polar surface area (TPSA) is 99.3 Å². The first kappa shape index (κ1) is 18.1. The number of nitro benzene ring substituents is 1. The zero-order valence-electron chi connectivity index (χ0n) is 14.3. The molecular weight excluding hydrogens is 355 g/mol. The van der Waals surface area contributed by atoms with Crippen molar-refractivity contribution >= 4 is 17.4 Å². The summed E-state index contributed by atoms with van der Waals surface area (Å²) in [5.41, 5.74) is 1.17. The van der Waals surface area contributed by atoms with Crippen molar-refractivity contribution < 1.29 is 18.8 Å². The van der Waals surface area contributed by atoms with Crippen LogP contribution in [0.25, 0.3) is 5.69 Å². The average Bonchev–Trinajstić information content (AvgIpc) is 3.01. The standard InChI is InChI=1S/C18H15FN4O4/c1-12-10-17(20-18(24)11-27-16-8-2-13(19)3-9-16)22(21-12)14-4-6-15(7-5-14)23(25)26/h2-10H,11H2,1H3,(H,20,24). The Kier molecular flexibility index (Phi) is 5.11. The van der Waals surface area contributed by atoms with Gasteiger partial charge in [-0.15, -0.1) is 0 Å². The summed E-state index contributed by atoms with van der Waals surface area (Å²) in [5, 5.41) is 17.7. The van der Waals surface area contributed by atoms with Crippen molar-refractivity contribution in [3.63, 3.8) is 0 Å². The Morgan fingerprint density at radius 3 is 2.52 bits per heavy atom. The van der Waals surface area contributed by atoms with Crippen molar-refractivity contribution in [3.05, 3.63) is 76.2 Å². The quantitative estimate of drug-likeness (QED) is 0.530. The highest BCUT2D eigenvalue weighted by Crippen LogP contribution is 2.20. The Labute approximate surface area is 153 Å². The molecule has 0 aliphatic carbocycles. The lowest BCUT2D eigenvalue weighted by atomic mass is 10.3. The number of aromatic nitrogens is 2. The van der Waals surface area contributed by atoms with Gasteiger partial charge in [-0.2, -0.15) is 5.10 Å². The highest BCUT2D eigenvalue weighted by Gasteiger charge is 2.13. The lowest BCUT2D eigenvalue weighted by Crippen LogP contribution is -2.21. The molecule has 0 atom stereocenters. The maximum atomic E-state index is 12.9. The molecule has 0 spiro atoms. The Hall–Kier alpha value is -3.75. The summed E-state index contributed by atoms with van der Waals surface area (Å²) in [6, 6.07) is 12.8. The number of hydrogen-bond donors (Lipinski definition) is 1. The molecule has 27 heavy (non-hydrogen) atoms. The van der Waals surface area contributed by atoms with E-state index in [1.54, 1.807) is 13.0 Å². The minimum Gasteiger partial charge on any atom is -0.484 e. The summed E-state index contributed by atoms with van der Waals surface area (Å²) in [4.78, 5) is 22.4. The lowest BCUT2D eigenvalue weighted by Gasteiger charge is -2.10. The zero-order valence-corrected chi connectivity index (χ0v) is 14.3. The smallest absolute Gasteiger partial charge is 0.269 e. The van der Waals surface area contributed by atoms with Gasteiger partial charge in [-0.1, -0.05) is 0 Å². The van der Waals surface area contributed by atoms with Gasteiger partial charge in [-0.3, -0.25) is 14.9 Å². The molecule has 0 bridgehead atoms. The van der Waals surface area contributed by atoms with Crippen LogP contribution in [0.3, 0.4) is 0 Å². The van der Waals surface area contributed by atoms with Crippen molar-refractivity contribution in [2.45, 2.75) is 6.92 Å². The predicted octanol–water partition coefficient (Wildman–Crippen LogP) is 3.25. The molecule has 0 unspecified atom stereocenters. The van der Waals surface area contributed by atoms with Gasteiger partial charge in [-0.05, 0) is 43.3 Å². The van der Waals surface area contributed by atoms with E-state index in [1.165, 1.54) is 53.2 Å². The average molecular weight is 370 g/mol. The molecule has 0 saturated carbocycles. The molecule has 9 heteroatoms.